The van der Waals surface area contributed by atoms with Gasteiger partial charge in [-0.05, 0) is 49.9 Å². The lowest BCUT2D eigenvalue weighted by Gasteiger charge is -2.18. The minimum Gasteiger partial charge on any atom is -0.391 e. The second-order valence-electron chi connectivity index (χ2n) is 4.21. The van der Waals surface area contributed by atoms with Crippen LogP contribution in [0.2, 0.25) is 0 Å². The summed E-state index contributed by atoms with van der Waals surface area (Å²) >= 11 is 3.48. The zero-order valence-electron chi connectivity index (χ0n) is 8.83. The number of hydrogen-bond donors (Lipinski definition) is 2. The molecule has 2 rings (SSSR count). The molecule has 82 valence electrons. The number of anilines is 1. The van der Waals surface area contributed by atoms with E-state index in [0.717, 1.165) is 29.4 Å². The summed E-state index contributed by atoms with van der Waals surface area (Å²) in [6.45, 7) is 2.07. The number of halogens is 1. The van der Waals surface area contributed by atoms with Gasteiger partial charge in [0.05, 0.1) is 12.1 Å². The van der Waals surface area contributed by atoms with Crippen molar-refractivity contribution >= 4 is 21.6 Å². The van der Waals surface area contributed by atoms with Gasteiger partial charge >= 0.3 is 0 Å². The molecule has 1 aliphatic carbocycles. The van der Waals surface area contributed by atoms with Crippen molar-refractivity contribution in [2.75, 3.05) is 5.32 Å². The normalized spacial score (nSPS) is 25.5. The van der Waals surface area contributed by atoms with Crippen LogP contribution in [-0.2, 0) is 0 Å². The fraction of sp³-hybridized carbons (Fsp3) is 0.500. The minimum absolute atomic E-state index is 0.186. The van der Waals surface area contributed by atoms with Crippen molar-refractivity contribution in [2.45, 2.75) is 38.3 Å². The van der Waals surface area contributed by atoms with Gasteiger partial charge in [-0.25, -0.2) is 0 Å². The average molecular weight is 270 g/mol. The summed E-state index contributed by atoms with van der Waals surface area (Å²) in [6, 6.07) is 6.42. The van der Waals surface area contributed by atoms with Crippen LogP contribution < -0.4 is 5.32 Å². The van der Waals surface area contributed by atoms with Gasteiger partial charge in [0, 0.05) is 10.2 Å². The Hall–Kier alpha value is -0.540. The first-order valence-electron chi connectivity index (χ1n) is 5.37. The first kappa shape index (κ1) is 11.0. The van der Waals surface area contributed by atoms with Crippen LogP contribution in [0.3, 0.4) is 0 Å². The first-order valence-corrected chi connectivity index (χ1v) is 6.17. The number of aliphatic hydroxyl groups is 1. The van der Waals surface area contributed by atoms with Crippen LogP contribution in [-0.4, -0.2) is 17.3 Å². The molecule has 15 heavy (non-hydrogen) atoms. The molecule has 1 aliphatic rings. The van der Waals surface area contributed by atoms with E-state index in [-0.39, 0.29) is 12.1 Å². The number of hydrogen-bond acceptors (Lipinski definition) is 2. The van der Waals surface area contributed by atoms with Crippen molar-refractivity contribution in [3.8, 4) is 0 Å². The van der Waals surface area contributed by atoms with Crippen LogP contribution in [0.25, 0.3) is 0 Å². The van der Waals surface area contributed by atoms with Gasteiger partial charge in [-0.2, -0.15) is 0 Å². The van der Waals surface area contributed by atoms with Gasteiger partial charge in [0.15, 0.2) is 0 Å². The molecule has 0 aliphatic heterocycles. The largest absolute Gasteiger partial charge is 0.391 e. The van der Waals surface area contributed by atoms with Crippen molar-refractivity contribution in [3.05, 3.63) is 28.2 Å². The lowest BCUT2D eigenvalue weighted by atomic mass is 10.1. The summed E-state index contributed by atoms with van der Waals surface area (Å²) in [5.74, 6) is 0. The SMILES string of the molecule is Cc1cc(N[C@H]2CCC[C@@H]2O)ccc1Br. The van der Waals surface area contributed by atoms with Gasteiger partial charge < -0.3 is 10.4 Å². The zero-order valence-corrected chi connectivity index (χ0v) is 10.4. The fourth-order valence-electron chi connectivity index (χ4n) is 2.06. The molecule has 2 N–H and O–H groups in total. The van der Waals surface area contributed by atoms with Crippen LogP contribution in [0, 0.1) is 6.92 Å². The second-order valence-corrected chi connectivity index (χ2v) is 5.07. The molecule has 1 saturated carbocycles. The molecule has 0 radical (unpaired) electrons. The van der Waals surface area contributed by atoms with E-state index in [4.69, 9.17) is 0 Å². The highest BCUT2D eigenvalue weighted by atomic mass is 79.9. The topological polar surface area (TPSA) is 32.3 Å². The Morgan fingerprint density at radius 3 is 2.80 bits per heavy atom. The van der Waals surface area contributed by atoms with Crippen molar-refractivity contribution in [2.24, 2.45) is 0 Å². The third-order valence-corrected chi connectivity index (χ3v) is 3.88. The maximum Gasteiger partial charge on any atom is 0.0741 e. The summed E-state index contributed by atoms with van der Waals surface area (Å²) < 4.78 is 1.13. The van der Waals surface area contributed by atoms with E-state index in [1.165, 1.54) is 5.56 Å². The van der Waals surface area contributed by atoms with Crippen molar-refractivity contribution in [1.82, 2.24) is 0 Å². The fourth-order valence-corrected chi connectivity index (χ4v) is 2.30. The molecule has 3 heteroatoms. The maximum atomic E-state index is 9.70. The summed E-state index contributed by atoms with van der Waals surface area (Å²) in [5, 5.41) is 13.1. The molecule has 1 aromatic carbocycles. The molecule has 0 spiro atoms. The van der Waals surface area contributed by atoms with Crippen LogP contribution in [0.1, 0.15) is 24.8 Å². The van der Waals surface area contributed by atoms with Gasteiger partial charge in [0.25, 0.3) is 0 Å². The van der Waals surface area contributed by atoms with Gasteiger partial charge in [-0.1, -0.05) is 15.9 Å². The standard InChI is InChI=1S/C12H16BrNO/c1-8-7-9(5-6-10(8)13)14-11-3-2-4-12(11)15/h5-7,11-12,14-15H,2-4H2,1H3/t11-,12-/m0/s1. The molecule has 0 heterocycles. The average Bonchev–Trinajstić information content (AvgIpc) is 2.59. The highest BCUT2D eigenvalue weighted by molar-refractivity contribution is 9.10. The monoisotopic (exact) mass is 269 g/mol. The molecular weight excluding hydrogens is 254 g/mol. The lowest BCUT2D eigenvalue weighted by molar-refractivity contribution is 0.172. The summed E-state index contributed by atoms with van der Waals surface area (Å²) in [6.07, 6.45) is 2.92. The predicted octanol–water partition coefficient (Wildman–Crippen LogP) is 3.08. The quantitative estimate of drug-likeness (QED) is 0.865. The lowest BCUT2D eigenvalue weighted by Crippen LogP contribution is -2.27. The molecule has 2 atom stereocenters. The predicted molar refractivity (Wildman–Crippen MR) is 66.1 cm³/mol. The Bertz CT molecular complexity index is 353. The Morgan fingerprint density at radius 1 is 1.40 bits per heavy atom. The molecule has 1 fully saturated rings. The summed E-state index contributed by atoms with van der Waals surface area (Å²) in [5.41, 5.74) is 2.31. The molecule has 0 saturated heterocycles. The Kier molecular flexibility index (Phi) is 3.32. The van der Waals surface area contributed by atoms with E-state index in [1.54, 1.807) is 0 Å². The number of aliphatic hydroxyl groups excluding tert-OH is 1. The Balaban J connectivity index is 2.07. The van der Waals surface area contributed by atoms with Gasteiger partial charge in [-0.15, -0.1) is 0 Å². The molecule has 1 aromatic rings. The van der Waals surface area contributed by atoms with Crippen molar-refractivity contribution in [1.29, 1.82) is 0 Å². The third kappa shape index (κ3) is 2.52. The molecule has 0 unspecified atom stereocenters. The van der Waals surface area contributed by atoms with E-state index < -0.39 is 0 Å². The highest BCUT2D eigenvalue weighted by Crippen LogP contribution is 2.25. The van der Waals surface area contributed by atoms with Crippen molar-refractivity contribution < 1.29 is 5.11 Å². The van der Waals surface area contributed by atoms with Gasteiger partial charge in [0.2, 0.25) is 0 Å². The van der Waals surface area contributed by atoms with E-state index >= 15 is 0 Å². The Labute approximate surface area is 98.8 Å². The van der Waals surface area contributed by atoms with Crippen LogP contribution in [0.4, 0.5) is 5.69 Å². The molecular formula is C12H16BrNO. The first-order chi connectivity index (χ1) is 7.16. The van der Waals surface area contributed by atoms with Crippen molar-refractivity contribution in [3.63, 3.8) is 0 Å². The van der Waals surface area contributed by atoms with E-state index in [9.17, 15) is 5.11 Å². The zero-order chi connectivity index (χ0) is 10.8. The number of aryl methyl sites for hydroxylation is 1. The third-order valence-electron chi connectivity index (χ3n) is 2.99. The molecule has 0 aromatic heterocycles. The maximum absolute atomic E-state index is 9.70. The van der Waals surface area contributed by atoms with Crippen LogP contribution >= 0.6 is 15.9 Å². The van der Waals surface area contributed by atoms with Gasteiger partial charge in [0.1, 0.15) is 0 Å². The molecule has 2 nitrogen and oxygen atoms in total. The number of benzene rings is 1. The smallest absolute Gasteiger partial charge is 0.0741 e. The Morgan fingerprint density at radius 2 is 2.20 bits per heavy atom. The number of rotatable bonds is 2. The van der Waals surface area contributed by atoms with Crippen LogP contribution in [0.5, 0.6) is 0 Å². The van der Waals surface area contributed by atoms with E-state index in [2.05, 4.69) is 34.2 Å². The molecule has 0 bridgehead atoms. The van der Waals surface area contributed by atoms with Crippen LogP contribution in [0.15, 0.2) is 22.7 Å². The minimum atomic E-state index is -0.186. The second kappa shape index (κ2) is 4.54. The van der Waals surface area contributed by atoms with Gasteiger partial charge in [-0.3, -0.25) is 0 Å². The molecule has 0 amide bonds. The highest BCUT2D eigenvalue weighted by Gasteiger charge is 2.24. The summed E-state index contributed by atoms with van der Waals surface area (Å²) in [7, 11) is 0. The number of nitrogens with one attached hydrogen (secondary N) is 1. The van der Waals surface area contributed by atoms with E-state index in [1.807, 2.05) is 12.1 Å². The van der Waals surface area contributed by atoms with E-state index in [0.29, 0.717) is 0 Å². The summed E-state index contributed by atoms with van der Waals surface area (Å²) in [4.78, 5) is 0.